The molecule has 1 aliphatic carbocycles. The highest BCUT2D eigenvalue weighted by atomic mass is 16.3. The van der Waals surface area contributed by atoms with E-state index in [4.69, 9.17) is 4.42 Å². The molecular weight excluding hydrogens is 382 g/mol. The highest BCUT2D eigenvalue weighted by Gasteiger charge is 2.30. The lowest BCUT2D eigenvalue weighted by atomic mass is 10.1. The van der Waals surface area contributed by atoms with Crippen molar-refractivity contribution < 1.29 is 14.0 Å². The van der Waals surface area contributed by atoms with E-state index in [9.17, 15) is 9.59 Å². The Labute approximate surface area is 171 Å². The summed E-state index contributed by atoms with van der Waals surface area (Å²) < 4.78 is 5.95. The van der Waals surface area contributed by atoms with Crippen molar-refractivity contribution in [2.24, 2.45) is 5.92 Å². The summed E-state index contributed by atoms with van der Waals surface area (Å²) in [5, 5.41) is 7.52. The van der Waals surface area contributed by atoms with E-state index in [0.29, 0.717) is 39.8 Å². The van der Waals surface area contributed by atoms with Gasteiger partial charge in [0.15, 0.2) is 11.4 Å². The summed E-state index contributed by atoms with van der Waals surface area (Å²) in [4.78, 5) is 37.2. The van der Waals surface area contributed by atoms with E-state index < -0.39 is 0 Å². The average molecular weight is 401 g/mol. The number of nitrogens with zero attached hydrogens (tertiary/aromatic N) is 3. The van der Waals surface area contributed by atoms with Gasteiger partial charge in [-0.1, -0.05) is 0 Å². The van der Waals surface area contributed by atoms with Gasteiger partial charge in [0.05, 0.1) is 5.56 Å². The molecule has 0 saturated heterocycles. The van der Waals surface area contributed by atoms with Crippen LogP contribution in [0.5, 0.6) is 0 Å². The van der Waals surface area contributed by atoms with Crippen molar-refractivity contribution in [1.82, 2.24) is 15.0 Å². The van der Waals surface area contributed by atoms with Crippen LogP contribution in [0.25, 0.3) is 33.3 Å². The summed E-state index contributed by atoms with van der Waals surface area (Å²) in [5.74, 6) is 1.57. The maximum Gasteiger partial charge on any atom is 0.229 e. The Morgan fingerprint density at radius 3 is 2.67 bits per heavy atom. The fourth-order valence-electron chi connectivity index (χ4n) is 3.41. The standard InChI is InChI=1S/C22H19N5O3/c1-11(28)13-5-6-18-17(7-13)26-22(30-18)16-10-25-20(23-2)15-9-24-19(8-14(15)16)27-21(29)12-3-4-12/h5-10,12H,3-4H2,1-2H3,(H,23,25)(H,24,27,29). The number of carbonyl (C=O) groups is 2. The third-order valence-corrected chi connectivity index (χ3v) is 5.23. The molecule has 0 aliphatic heterocycles. The van der Waals surface area contributed by atoms with Gasteiger partial charge in [-0.05, 0) is 44.0 Å². The summed E-state index contributed by atoms with van der Waals surface area (Å²) in [7, 11) is 1.78. The van der Waals surface area contributed by atoms with Crippen molar-refractivity contribution in [3.8, 4) is 11.5 Å². The van der Waals surface area contributed by atoms with Gasteiger partial charge in [-0.15, -0.1) is 0 Å². The molecule has 1 saturated carbocycles. The molecule has 0 atom stereocenters. The first kappa shape index (κ1) is 18.2. The molecule has 5 rings (SSSR count). The van der Waals surface area contributed by atoms with Crippen LogP contribution in [0.4, 0.5) is 11.6 Å². The number of hydrogen-bond acceptors (Lipinski definition) is 7. The van der Waals surface area contributed by atoms with Crippen LogP contribution in [0.2, 0.25) is 0 Å². The summed E-state index contributed by atoms with van der Waals surface area (Å²) in [6.07, 6.45) is 5.20. The van der Waals surface area contributed by atoms with Crippen LogP contribution in [0, 0.1) is 5.92 Å². The van der Waals surface area contributed by atoms with E-state index in [-0.39, 0.29) is 17.6 Å². The second-order valence-electron chi connectivity index (χ2n) is 7.41. The van der Waals surface area contributed by atoms with Crippen molar-refractivity contribution in [2.75, 3.05) is 17.7 Å². The Hall–Kier alpha value is -3.81. The number of Topliss-reactive ketones (excluding diaryl/α,β-unsaturated/α-hetero) is 1. The van der Waals surface area contributed by atoms with Crippen LogP contribution in [-0.2, 0) is 4.79 Å². The first-order chi connectivity index (χ1) is 14.5. The molecule has 8 nitrogen and oxygen atoms in total. The molecule has 3 aromatic heterocycles. The number of benzene rings is 1. The third kappa shape index (κ3) is 3.16. The van der Waals surface area contributed by atoms with Crippen LogP contribution in [0.3, 0.4) is 0 Å². The minimum Gasteiger partial charge on any atom is -0.436 e. The van der Waals surface area contributed by atoms with Crippen LogP contribution in [0.15, 0.2) is 41.1 Å². The third-order valence-electron chi connectivity index (χ3n) is 5.23. The normalized spacial score (nSPS) is 13.5. The van der Waals surface area contributed by atoms with Gasteiger partial charge in [0.1, 0.15) is 17.2 Å². The number of oxazole rings is 1. The molecule has 1 aromatic carbocycles. The zero-order chi connectivity index (χ0) is 20.8. The number of anilines is 2. The lowest BCUT2D eigenvalue weighted by molar-refractivity contribution is -0.117. The van der Waals surface area contributed by atoms with E-state index in [0.717, 1.165) is 23.6 Å². The molecule has 1 fully saturated rings. The summed E-state index contributed by atoms with van der Waals surface area (Å²) >= 11 is 0. The number of pyridine rings is 2. The molecule has 0 spiro atoms. The predicted molar refractivity (Wildman–Crippen MR) is 113 cm³/mol. The molecule has 1 amide bonds. The minimum atomic E-state index is -0.0333. The van der Waals surface area contributed by atoms with Gasteiger partial charge in [-0.2, -0.15) is 0 Å². The maximum absolute atomic E-state index is 12.2. The predicted octanol–water partition coefficient (Wildman–Crippen LogP) is 4.03. The molecule has 0 bridgehead atoms. The fraction of sp³-hybridized carbons (Fsp3) is 0.227. The number of carbonyl (C=O) groups excluding carboxylic acids is 2. The molecule has 0 unspecified atom stereocenters. The minimum absolute atomic E-state index is 0.00933. The smallest absolute Gasteiger partial charge is 0.229 e. The van der Waals surface area contributed by atoms with Crippen LogP contribution in [0.1, 0.15) is 30.1 Å². The van der Waals surface area contributed by atoms with Crippen molar-refractivity contribution in [3.63, 3.8) is 0 Å². The SMILES string of the molecule is CNc1ncc(-c2nc3cc(C(C)=O)ccc3o2)c2cc(NC(=O)C3CC3)ncc12. The molecule has 4 aromatic rings. The molecular formula is C22H19N5O3. The number of hydrogen-bond donors (Lipinski definition) is 2. The van der Waals surface area contributed by atoms with E-state index in [1.807, 2.05) is 6.07 Å². The number of amides is 1. The quantitative estimate of drug-likeness (QED) is 0.486. The van der Waals surface area contributed by atoms with Crippen molar-refractivity contribution >= 4 is 45.2 Å². The number of fused-ring (bicyclic) bond motifs is 2. The average Bonchev–Trinajstić information content (AvgIpc) is 3.51. The van der Waals surface area contributed by atoms with Gasteiger partial charge in [-0.25, -0.2) is 15.0 Å². The number of nitrogens with one attached hydrogen (secondary N) is 2. The van der Waals surface area contributed by atoms with E-state index in [1.54, 1.807) is 37.6 Å². The monoisotopic (exact) mass is 401 g/mol. The highest BCUT2D eigenvalue weighted by molar-refractivity contribution is 6.03. The lowest BCUT2D eigenvalue weighted by Crippen LogP contribution is -2.14. The molecule has 30 heavy (non-hydrogen) atoms. The van der Waals surface area contributed by atoms with Crippen LogP contribution >= 0.6 is 0 Å². The van der Waals surface area contributed by atoms with Gasteiger partial charge >= 0.3 is 0 Å². The van der Waals surface area contributed by atoms with E-state index in [2.05, 4.69) is 25.6 Å². The molecule has 3 heterocycles. The summed E-state index contributed by atoms with van der Waals surface area (Å²) in [6.45, 7) is 1.51. The largest absolute Gasteiger partial charge is 0.436 e. The Morgan fingerprint density at radius 2 is 1.93 bits per heavy atom. The molecule has 150 valence electrons. The van der Waals surface area contributed by atoms with Crippen molar-refractivity contribution in [2.45, 2.75) is 19.8 Å². The molecule has 0 radical (unpaired) electrons. The first-order valence-corrected chi connectivity index (χ1v) is 9.73. The maximum atomic E-state index is 12.2. The first-order valence-electron chi connectivity index (χ1n) is 9.73. The number of rotatable bonds is 5. The van der Waals surface area contributed by atoms with Crippen molar-refractivity contribution in [1.29, 1.82) is 0 Å². The summed E-state index contributed by atoms with van der Waals surface area (Å²) in [6, 6.07) is 6.98. The Balaban J connectivity index is 1.64. The topological polar surface area (TPSA) is 110 Å². The zero-order valence-corrected chi connectivity index (χ0v) is 16.5. The molecule has 1 aliphatic rings. The van der Waals surface area contributed by atoms with Gasteiger partial charge in [-0.3, -0.25) is 9.59 Å². The second-order valence-corrected chi connectivity index (χ2v) is 7.41. The van der Waals surface area contributed by atoms with Gasteiger partial charge in [0, 0.05) is 41.7 Å². The Bertz CT molecular complexity index is 1320. The highest BCUT2D eigenvalue weighted by Crippen LogP contribution is 2.35. The number of aromatic nitrogens is 3. The Kier molecular flexibility index (Phi) is 4.20. The lowest BCUT2D eigenvalue weighted by Gasteiger charge is -2.10. The number of ketones is 1. The van der Waals surface area contributed by atoms with E-state index >= 15 is 0 Å². The molecule has 8 heteroatoms. The van der Waals surface area contributed by atoms with Gasteiger partial charge in [0.25, 0.3) is 0 Å². The zero-order valence-electron chi connectivity index (χ0n) is 16.5. The molecule has 2 N–H and O–H groups in total. The summed E-state index contributed by atoms with van der Waals surface area (Å²) in [5.41, 5.74) is 2.43. The fourth-order valence-corrected chi connectivity index (χ4v) is 3.41. The van der Waals surface area contributed by atoms with Gasteiger partial charge in [0.2, 0.25) is 11.8 Å². The van der Waals surface area contributed by atoms with Gasteiger partial charge < -0.3 is 15.1 Å². The van der Waals surface area contributed by atoms with E-state index in [1.165, 1.54) is 6.92 Å². The van der Waals surface area contributed by atoms with Crippen LogP contribution in [-0.4, -0.2) is 33.7 Å². The van der Waals surface area contributed by atoms with Crippen LogP contribution < -0.4 is 10.6 Å². The van der Waals surface area contributed by atoms with Crippen molar-refractivity contribution in [3.05, 3.63) is 42.2 Å². The second kappa shape index (κ2) is 6.91. The Morgan fingerprint density at radius 1 is 1.10 bits per heavy atom.